The van der Waals surface area contributed by atoms with E-state index in [1.54, 1.807) is 6.26 Å². The smallest absolute Gasteiger partial charge is 0.227 e. The van der Waals surface area contributed by atoms with Gasteiger partial charge in [-0.2, -0.15) is 0 Å². The molecule has 5 nitrogen and oxygen atoms in total. The van der Waals surface area contributed by atoms with Crippen molar-refractivity contribution in [3.63, 3.8) is 0 Å². The SMILES string of the molecule is CCn1c([C@H]2CCCN2C(=O)[C@@H]2C[C@@H]2c2ccco2)nc2ccccc21. The van der Waals surface area contributed by atoms with Gasteiger partial charge >= 0.3 is 0 Å². The molecule has 0 bridgehead atoms. The van der Waals surface area contributed by atoms with Gasteiger partial charge < -0.3 is 13.9 Å². The Morgan fingerprint density at radius 1 is 1.27 bits per heavy atom. The number of carbonyl (C=O) groups excluding carboxylic acids is 1. The minimum Gasteiger partial charge on any atom is -0.469 e. The maximum Gasteiger partial charge on any atom is 0.227 e. The first kappa shape index (κ1) is 15.7. The van der Waals surface area contributed by atoms with Crippen LogP contribution in [0.1, 0.15) is 49.7 Å². The Bertz CT molecular complexity index is 943. The lowest BCUT2D eigenvalue weighted by Gasteiger charge is -2.25. The second kappa shape index (κ2) is 6.01. The Kier molecular flexibility index (Phi) is 3.62. The Labute approximate surface area is 152 Å². The van der Waals surface area contributed by atoms with Crippen LogP contribution in [0.15, 0.2) is 47.1 Å². The van der Waals surface area contributed by atoms with Crippen LogP contribution in [0.25, 0.3) is 11.0 Å². The van der Waals surface area contributed by atoms with Crippen LogP contribution in [-0.4, -0.2) is 26.9 Å². The van der Waals surface area contributed by atoms with E-state index in [9.17, 15) is 4.79 Å². The summed E-state index contributed by atoms with van der Waals surface area (Å²) >= 11 is 0. The van der Waals surface area contributed by atoms with Crippen LogP contribution >= 0.6 is 0 Å². The van der Waals surface area contributed by atoms with Gasteiger partial charge in [0.1, 0.15) is 11.6 Å². The number of rotatable bonds is 4. The number of imidazole rings is 1. The molecule has 0 N–H and O–H groups in total. The molecule has 1 amide bonds. The predicted octanol–water partition coefficient (Wildman–Crippen LogP) is 4.12. The summed E-state index contributed by atoms with van der Waals surface area (Å²) in [5.41, 5.74) is 2.17. The maximum atomic E-state index is 13.2. The molecule has 0 spiro atoms. The molecule has 2 aliphatic rings. The maximum absolute atomic E-state index is 13.2. The van der Waals surface area contributed by atoms with Crippen molar-refractivity contribution >= 4 is 16.9 Å². The van der Waals surface area contributed by atoms with E-state index in [4.69, 9.17) is 9.40 Å². The van der Waals surface area contributed by atoms with Crippen molar-refractivity contribution in [2.24, 2.45) is 5.92 Å². The quantitative estimate of drug-likeness (QED) is 0.712. The number of furan rings is 1. The summed E-state index contributed by atoms with van der Waals surface area (Å²) in [5, 5.41) is 0. The van der Waals surface area contributed by atoms with Crippen LogP contribution in [0.2, 0.25) is 0 Å². The number of aryl methyl sites for hydroxylation is 1. The average molecular weight is 349 g/mol. The largest absolute Gasteiger partial charge is 0.469 e. The van der Waals surface area contributed by atoms with Gasteiger partial charge in [0.2, 0.25) is 5.91 Å². The molecular formula is C21H23N3O2. The zero-order chi connectivity index (χ0) is 17.7. The molecule has 5 heteroatoms. The van der Waals surface area contributed by atoms with E-state index in [1.807, 2.05) is 18.2 Å². The standard InChI is InChI=1S/C21H23N3O2/c1-2-23-17-8-4-3-7-16(17)22-20(23)18-9-5-11-24(18)21(25)15-13-14(15)19-10-6-12-26-19/h3-4,6-8,10,12,14-15,18H,2,5,9,11,13H2,1H3/t14-,15+,18+/m0/s1. The molecule has 3 atom stereocenters. The third-order valence-corrected chi connectivity index (χ3v) is 5.85. The molecular weight excluding hydrogens is 326 g/mol. The molecule has 2 fully saturated rings. The minimum absolute atomic E-state index is 0.0706. The van der Waals surface area contributed by atoms with E-state index < -0.39 is 0 Å². The number of hydrogen-bond acceptors (Lipinski definition) is 3. The fraction of sp³-hybridized carbons (Fsp3) is 0.429. The molecule has 3 heterocycles. The van der Waals surface area contributed by atoms with Crippen molar-refractivity contribution in [2.75, 3.05) is 6.54 Å². The highest BCUT2D eigenvalue weighted by Crippen LogP contribution is 2.50. The summed E-state index contributed by atoms with van der Waals surface area (Å²) in [6.45, 7) is 3.84. The Hall–Kier alpha value is -2.56. The molecule has 0 unspecified atom stereocenters. The third-order valence-electron chi connectivity index (χ3n) is 5.85. The average Bonchev–Trinajstić information content (AvgIpc) is 3.08. The summed E-state index contributed by atoms with van der Waals surface area (Å²) in [4.78, 5) is 20.1. The highest BCUT2D eigenvalue weighted by atomic mass is 16.3. The summed E-state index contributed by atoms with van der Waals surface area (Å²) in [6.07, 6.45) is 4.63. The number of nitrogens with zero attached hydrogens (tertiary/aromatic N) is 3. The number of aromatic nitrogens is 2. The fourth-order valence-corrected chi connectivity index (χ4v) is 4.48. The van der Waals surface area contributed by atoms with Gasteiger partial charge in [0, 0.05) is 24.9 Å². The van der Waals surface area contributed by atoms with Crippen molar-refractivity contribution in [2.45, 2.75) is 44.7 Å². The normalized spacial score (nSPS) is 25.1. The van der Waals surface area contributed by atoms with E-state index in [0.717, 1.165) is 55.0 Å². The number of carbonyl (C=O) groups is 1. The monoisotopic (exact) mass is 349 g/mol. The second-order valence-corrected chi connectivity index (χ2v) is 7.36. The first-order valence-electron chi connectivity index (χ1n) is 9.57. The topological polar surface area (TPSA) is 51.3 Å². The number of para-hydroxylation sites is 2. The van der Waals surface area contributed by atoms with E-state index in [-0.39, 0.29) is 23.8 Å². The van der Waals surface area contributed by atoms with E-state index >= 15 is 0 Å². The van der Waals surface area contributed by atoms with Gasteiger partial charge in [0.05, 0.1) is 23.3 Å². The zero-order valence-electron chi connectivity index (χ0n) is 15.0. The fourth-order valence-electron chi connectivity index (χ4n) is 4.48. The van der Waals surface area contributed by atoms with Crippen LogP contribution in [-0.2, 0) is 11.3 Å². The highest BCUT2D eigenvalue weighted by Gasteiger charge is 2.49. The van der Waals surface area contributed by atoms with Crippen molar-refractivity contribution in [3.05, 3.63) is 54.2 Å². The van der Waals surface area contributed by atoms with Crippen LogP contribution in [0.3, 0.4) is 0 Å². The first-order valence-corrected chi connectivity index (χ1v) is 9.57. The molecule has 1 aliphatic heterocycles. The van der Waals surface area contributed by atoms with Gasteiger partial charge in [-0.15, -0.1) is 0 Å². The number of hydrogen-bond donors (Lipinski definition) is 0. The molecule has 1 saturated heterocycles. The molecule has 5 rings (SSSR count). The summed E-state index contributed by atoms with van der Waals surface area (Å²) in [5.74, 6) is 2.57. The van der Waals surface area contributed by atoms with Gasteiger partial charge in [-0.3, -0.25) is 4.79 Å². The van der Waals surface area contributed by atoms with Crippen LogP contribution < -0.4 is 0 Å². The molecule has 3 aromatic rings. The number of fused-ring (bicyclic) bond motifs is 1. The molecule has 0 radical (unpaired) electrons. The highest BCUT2D eigenvalue weighted by molar-refractivity contribution is 5.84. The third kappa shape index (κ3) is 2.37. The van der Waals surface area contributed by atoms with Crippen LogP contribution in [0.4, 0.5) is 0 Å². The Morgan fingerprint density at radius 2 is 2.15 bits per heavy atom. The molecule has 26 heavy (non-hydrogen) atoms. The summed E-state index contributed by atoms with van der Waals surface area (Å²) < 4.78 is 7.77. The number of benzene rings is 1. The summed E-state index contributed by atoms with van der Waals surface area (Å²) in [7, 11) is 0. The summed E-state index contributed by atoms with van der Waals surface area (Å²) in [6, 6.07) is 12.2. The van der Waals surface area contributed by atoms with Gasteiger partial charge in [-0.05, 0) is 50.5 Å². The van der Waals surface area contributed by atoms with Crippen molar-refractivity contribution in [1.29, 1.82) is 0 Å². The number of amides is 1. The van der Waals surface area contributed by atoms with E-state index in [2.05, 4.69) is 34.6 Å². The van der Waals surface area contributed by atoms with Gasteiger partial charge in [0.25, 0.3) is 0 Å². The molecule has 1 aromatic carbocycles. The van der Waals surface area contributed by atoms with Crippen molar-refractivity contribution in [1.82, 2.24) is 14.5 Å². The van der Waals surface area contributed by atoms with Gasteiger partial charge in [0.15, 0.2) is 0 Å². The van der Waals surface area contributed by atoms with E-state index in [0.29, 0.717) is 0 Å². The first-order chi connectivity index (χ1) is 12.8. The van der Waals surface area contributed by atoms with E-state index in [1.165, 1.54) is 0 Å². The lowest BCUT2D eigenvalue weighted by Crippen LogP contribution is -2.33. The van der Waals surface area contributed by atoms with Gasteiger partial charge in [-0.25, -0.2) is 4.98 Å². The molecule has 1 saturated carbocycles. The Morgan fingerprint density at radius 3 is 2.96 bits per heavy atom. The zero-order valence-corrected chi connectivity index (χ0v) is 15.0. The Balaban J connectivity index is 1.44. The molecule has 134 valence electrons. The van der Waals surface area contributed by atoms with Crippen molar-refractivity contribution in [3.8, 4) is 0 Å². The van der Waals surface area contributed by atoms with Crippen LogP contribution in [0, 0.1) is 5.92 Å². The molecule has 2 aromatic heterocycles. The van der Waals surface area contributed by atoms with Crippen molar-refractivity contribution < 1.29 is 9.21 Å². The lowest BCUT2D eigenvalue weighted by molar-refractivity contribution is -0.133. The predicted molar refractivity (Wildman–Crippen MR) is 98.7 cm³/mol. The number of likely N-dealkylation sites (tertiary alicyclic amines) is 1. The van der Waals surface area contributed by atoms with Gasteiger partial charge in [-0.1, -0.05) is 12.1 Å². The molecule has 1 aliphatic carbocycles. The minimum atomic E-state index is 0.0706. The second-order valence-electron chi connectivity index (χ2n) is 7.36. The lowest BCUT2D eigenvalue weighted by atomic mass is 10.2. The van der Waals surface area contributed by atoms with Crippen LogP contribution in [0.5, 0.6) is 0 Å².